The van der Waals surface area contributed by atoms with Crippen LogP contribution in [0.5, 0.6) is 0 Å². The van der Waals surface area contributed by atoms with E-state index in [2.05, 4.69) is 5.32 Å². The summed E-state index contributed by atoms with van der Waals surface area (Å²) < 4.78 is 19.2. The predicted molar refractivity (Wildman–Crippen MR) is 81.0 cm³/mol. The highest BCUT2D eigenvalue weighted by atomic mass is 35.5. The van der Waals surface area contributed by atoms with Crippen LogP contribution in [0.3, 0.4) is 0 Å². The van der Waals surface area contributed by atoms with Gasteiger partial charge in [-0.25, -0.2) is 4.39 Å². The Balaban J connectivity index is 1.95. The fourth-order valence-corrected chi connectivity index (χ4v) is 3.05. The largest absolute Gasteiger partial charge is 0.381 e. The maximum atomic E-state index is 14.0. The average molecular weight is 314 g/mol. The van der Waals surface area contributed by atoms with Gasteiger partial charge >= 0.3 is 0 Å². The van der Waals surface area contributed by atoms with Gasteiger partial charge in [0.2, 0.25) is 5.91 Å². The second-order valence-electron chi connectivity index (χ2n) is 6.19. The van der Waals surface area contributed by atoms with Crippen molar-refractivity contribution < 1.29 is 13.9 Å². The summed E-state index contributed by atoms with van der Waals surface area (Å²) in [4.78, 5) is 12.0. The third-order valence-corrected chi connectivity index (χ3v) is 4.18. The molecule has 1 aromatic carbocycles. The molecule has 1 saturated heterocycles. The van der Waals surface area contributed by atoms with Crippen molar-refractivity contribution in [2.45, 2.75) is 32.1 Å². The molecule has 3 nitrogen and oxygen atoms in total. The third kappa shape index (κ3) is 4.17. The molecule has 21 heavy (non-hydrogen) atoms. The van der Waals surface area contributed by atoms with E-state index in [1.54, 1.807) is 12.1 Å². The van der Waals surface area contributed by atoms with Gasteiger partial charge < -0.3 is 10.1 Å². The van der Waals surface area contributed by atoms with Crippen LogP contribution in [0.1, 0.15) is 32.3 Å². The Morgan fingerprint density at radius 2 is 2.29 bits per heavy atom. The molecular formula is C16H21ClFNO2. The first-order valence-corrected chi connectivity index (χ1v) is 7.57. The summed E-state index contributed by atoms with van der Waals surface area (Å²) in [5, 5.41) is 3.27. The lowest BCUT2D eigenvalue weighted by atomic mass is 9.84. The van der Waals surface area contributed by atoms with Gasteiger partial charge in [-0.2, -0.15) is 0 Å². The highest BCUT2D eigenvalue weighted by Crippen LogP contribution is 2.31. The molecule has 0 aromatic heterocycles. The van der Waals surface area contributed by atoms with Gasteiger partial charge in [-0.05, 0) is 24.5 Å². The summed E-state index contributed by atoms with van der Waals surface area (Å²) in [5.74, 6) is -0.0675. The Labute approximate surface area is 129 Å². The van der Waals surface area contributed by atoms with Crippen LogP contribution in [-0.2, 0) is 14.9 Å². The van der Waals surface area contributed by atoms with Gasteiger partial charge in [0.15, 0.2) is 0 Å². The number of ether oxygens (including phenoxy) is 1. The number of amides is 1. The fourth-order valence-electron chi connectivity index (χ4n) is 2.63. The standard InChI is InChI=1S/C16H21ClFNO2/c1-16(2,15-12(17)4-3-5-13(15)18)10-19-14(20)8-11-6-7-21-9-11/h3-5,11H,6-10H2,1-2H3,(H,19,20)/t11-/m0/s1. The Hall–Kier alpha value is -1.13. The van der Waals surface area contributed by atoms with Crippen molar-refractivity contribution in [1.82, 2.24) is 5.32 Å². The minimum absolute atomic E-state index is 0.0222. The van der Waals surface area contributed by atoms with E-state index < -0.39 is 5.41 Å². The van der Waals surface area contributed by atoms with Gasteiger partial charge in [-0.1, -0.05) is 31.5 Å². The summed E-state index contributed by atoms with van der Waals surface area (Å²) in [6.07, 6.45) is 1.39. The minimum atomic E-state index is -0.565. The number of nitrogens with one attached hydrogen (secondary N) is 1. The third-order valence-electron chi connectivity index (χ3n) is 3.87. The van der Waals surface area contributed by atoms with Gasteiger partial charge in [0.1, 0.15) is 5.82 Å². The molecule has 0 bridgehead atoms. The van der Waals surface area contributed by atoms with Crippen LogP contribution in [0, 0.1) is 11.7 Å². The van der Waals surface area contributed by atoms with E-state index in [1.807, 2.05) is 13.8 Å². The summed E-state index contributed by atoms with van der Waals surface area (Å²) in [6.45, 7) is 5.47. The zero-order valence-electron chi connectivity index (χ0n) is 12.4. The predicted octanol–water partition coefficient (Wildman–Crippen LogP) is 3.30. The zero-order chi connectivity index (χ0) is 15.5. The average Bonchev–Trinajstić information content (AvgIpc) is 2.89. The molecule has 0 saturated carbocycles. The molecule has 2 rings (SSSR count). The molecule has 1 aliphatic rings. The molecule has 116 valence electrons. The summed E-state index contributed by atoms with van der Waals surface area (Å²) in [6, 6.07) is 4.63. The normalized spacial score (nSPS) is 18.8. The number of halogens is 2. The second-order valence-corrected chi connectivity index (χ2v) is 6.60. The summed E-state index contributed by atoms with van der Waals surface area (Å²) >= 11 is 6.10. The molecule has 0 radical (unpaired) electrons. The van der Waals surface area contributed by atoms with Crippen LogP contribution in [0.15, 0.2) is 18.2 Å². The lowest BCUT2D eigenvalue weighted by molar-refractivity contribution is -0.122. The number of hydrogen-bond acceptors (Lipinski definition) is 2. The molecular weight excluding hydrogens is 293 g/mol. The highest BCUT2D eigenvalue weighted by Gasteiger charge is 2.28. The van der Waals surface area contributed by atoms with Crippen molar-refractivity contribution in [3.8, 4) is 0 Å². The Bertz CT molecular complexity index is 493. The summed E-state index contributed by atoms with van der Waals surface area (Å²) in [7, 11) is 0. The van der Waals surface area contributed by atoms with Gasteiger partial charge in [-0.3, -0.25) is 4.79 Å². The molecule has 0 aliphatic carbocycles. The van der Waals surface area contributed by atoms with Gasteiger partial charge in [0, 0.05) is 42.2 Å². The van der Waals surface area contributed by atoms with E-state index >= 15 is 0 Å². The number of carbonyl (C=O) groups is 1. The smallest absolute Gasteiger partial charge is 0.220 e. The van der Waals surface area contributed by atoms with Crippen molar-refractivity contribution in [1.29, 1.82) is 0 Å². The number of benzene rings is 1. The van der Waals surface area contributed by atoms with E-state index in [9.17, 15) is 9.18 Å². The maximum Gasteiger partial charge on any atom is 0.220 e. The topological polar surface area (TPSA) is 38.3 Å². The van der Waals surface area contributed by atoms with E-state index in [0.717, 1.165) is 13.0 Å². The summed E-state index contributed by atoms with van der Waals surface area (Å²) in [5.41, 5.74) is -0.124. The molecule has 1 heterocycles. The van der Waals surface area contributed by atoms with Crippen LogP contribution in [0.2, 0.25) is 5.02 Å². The molecule has 1 atom stereocenters. The number of hydrogen-bond donors (Lipinski definition) is 1. The number of rotatable bonds is 5. The van der Waals surface area contributed by atoms with Gasteiger partial charge in [0.25, 0.3) is 0 Å². The first kappa shape index (κ1) is 16.2. The molecule has 1 fully saturated rings. The fraction of sp³-hybridized carbons (Fsp3) is 0.562. The molecule has 0 spiro atoms. The monoisotopic (exact) mass is 313 g/mol. The number of carbonyl (C=O) groups excluding carboxylic acids is 1. The molecule has 5 heteroatoms. The molecule has 1 amide bonds. The molecule has 1 aromatic rings. The van der Waals surface area contributed by atoms with E-state index in [4.69, 9.17) is 16.3 Å². The van der Waals surface area contributed by atoms with Crippen LogP contribution in [0.25, 0.3) is 0 Å². The van der Waals surface area contributed by atoms with E-state index in [0.29, 0.717) is 36.1 Å². The van der Waals surface area contributed by atoms with Crippen LogP contribution >= 0.6 is 11.6 Å². The van der Waals surface area contributed by atoms with Crippen molar-refractivity contribution in [3.63, 3.8) is 0 Å². The molecule has 0 unspecified atom stereocenters. The highest BCUT2D eigenvalue weighted by molar-refractivity contribution is 6.31. The van der Waals surface area contributed by atoms with Crippen molar-refractivity contribution >= 4 is 17.5 Å². The van der Waals surface area contributed by atoms with Crippen molar-refractivity contribution in [3.05, 3.63) is 34.6 Å². The van der Waals surface area contributed by atoms with Gasteiger partial charge in [0.05, 0.1) is 0 Å². The first-order chi connectivity index (χ1) is 9.90. The lowest BCUT2D eigenvalue weighted by Crippen LogP contribution is -2.38. The van der Waals surface area contributed by atoms with Gasteiger partial charge in [-0.15, -0.1) is 0 Å². The van der Waals surface area contributed by atoms with Crippen LogP contribution in [0.4, 0.5) is 4.39 Å². The van der Waals surface area contributed by atoms with Crippen LogP contribution < -0.4 is 5.32 Å². The SMILES string of the molecule is CC(C)(CNC(=O)C[C@@H]1CCOC1)c1c(F)cccc1Cl. The van der Waals surface area contributed by atoms with E-state index in [1.165, 1.54) is 6.07 Å². The second kappa shape index (κ2) is 6.75. The first-order valence-electron chi connectivity index (χ1n) is 7.19. The van der Waals surface area contributed by atoms with Crippen LogP contribution in [-0.4, -0.2) is 25.7 Å². The minimum Gasteiger partial charge on any atom is -0.381 e. The lowest BCUT2D eigenvalue weighted by Gasteiger charge is -2.27. The maximum absolute atomic E-state index is 14.0. The van der Waals surface area contributed by atoms with E-state index in [-0.39, 0.29) is 11.7 Å². The van der Waals surface area contributed by atoms with Crippen molar-refractivity contribution in [2.24, 2.45) is 5.92 Å². The quantitative estimate of drug-likeness (QED) is 0.906. The Morgan fingerprint density at radius 3 is 2.90 bits per heavy atom. The zero-order valence-corrected chi connectivity index (χ0v) is 13.2. The molecule has 1 aliphatic heterocycles. The molecule has 1 N–H and O–H groups in total. The van der Waals surface area contributed by atoms with Crippen molar-refractivity contribution in [2.75, 3.05) is 19.8 Å². The Morgan fingerprint density at radius 1 is 1.52 bits per heavy atom. The Kier molecular flexibility index (Phi) is 5.22.